The van der Waals surface area contributed by atoms with Crippen molar-refractivity contribution < 1.29 is 27.2 Å². The zero-order chi connectivity index (χ0) is 23.2. The number of nitrogens with zero attached hydrogens (tertiary/aromatic N) is 8. The molecule has 32 heavy (non-hydrogen) atoms. The molecule has 0 radical (unpaired) electrons. The summed E-state index contributed by atoms with van der Waals surface area (Å²) >= 11 is 0. The van der Waals surface area contributed by atoms with E-state index in [2.05, 4.69) is 10.2 Å². The standard InChI is InChI=1S/C16H18F4N8O4/c17-9(18)5-27-15(31)25-3-1-23(7-11(25)21-27)13(29)14(30)24-2-4-26-12(8-24)22-28(16(26)32)6-10(19)20/h9-10H,1-8H2. The third-order valence-corrected chi connectivity index (χ3v) is 5.23. The Bertz CT molecular complexity index is 1080. The minimum Gasteiger partial charge on any atom is -0.325 e. The Labute approximate surface area is 176 Å². The Hall–Kier alpha value is -3.46. The van der Waals surface area contributed by atoms with E-state index in [9.17, 15) is 36.7 Å². The molecule has 0 aliphatic carbocycles. The number of carbonyl (C=O) groups is 2. The molecule has 2 aliphatic rings. The van der Waals surface area contributed by atoms with Crippen LogP contribution in [0.15, 0.2) is 9.59 Å². The Balaban J connectivity index is 1.46. The molecule has 2 aliphatic heterocycles. The van der Waals surface area contributed by atoms with Gasteiger partial charge in [0.1, 0.15) is 13.1 Å². The van der Waals surface area contributed by atoms with Crippen LogP contribution in [0.2, 0.25) is 0 Å². The fourth-order valence-corrected chi connectivity index (χ4v) is 3.71. The van der Waals surface area contributed by atoms with Crippen molar-refractivity contribution in [1.29, 1.82) is 0 Å². The number of aromatic nitrogens is 6. The maximum atomic E-state index is 12.7. The maximum absolute atomic E-state index is 12.7. The van der Waals surface area contributed by atoms with E-state index in [1.807, 2.05) is 0 Å². The van der Waals surface area contributed by atoms with E-state index in [-0.39, 0.29) is 50.9 Å². The highest BCUT2D eigenvalue weighted by molar-refractivity contribution is 6.34. The SMILES string of the molecule is O=C(C(=O)N1CCn2c(nn(CC(F)F)c2=O)C1)N1CCn2c(nn(CC(F)F)c2=O)C1. The molecule has 4 heterocycles. The first-order chi connectivity index (χ1) is 15.2. The van der Waals surface area contributed by atoms with Gasteiger partial charge in [-0.05, 0) is 0 Å². The normalized spacial score (nSPS) is 15.9. The second-order valence-corrected chi connectivity index (χ2v) is 7.30. The van der Waals surface area contributed by atoms with E-state index in [0.29, 0.717) is 9.36 Å². The largest absolute Gasteiger partial charge is 0.346 e. The molecule has 0 atom stereocenters. The number of carbonyl (C=O) groups excluding carboxylic acids is 2. The number of alkyl halides is 4. The van der Waals surface area contributed by atoms with Crippen molar-refractivity contribution in [3.8, 4) is 0 Å². The van der Waals surface area contributed by atoms with Gasteiger partial charge in [-0.25, -0.2) is 36.5 Å². The Morgan fingerprint density at radius 3 is 1.44 bits per heavy atom. The molecule has 0 aromatic carbocycles. The third-order valence-electron chi connectivity index (χ3n) is 5.23. The quantitative estimate of drug-likeness (QED) is 0.395. The molecule has 0 bridgehead atoms. The predicted octanol–water partition coefficient (Wildman–Crippen LogP) is -1.68. The first kappa shape index (κ1) is 21.8. The number of hydrogen-bond acceptors (Lipinski definition) is 6. The van der Waals surface area contributed by atoms with E-state index < -0.39 is 49.1 Å². The molecular weight excluding hydrogens is 444 g/mol. The van der Waals surface area contributed by atoms with Crippen LogP contribution in [0.4, 0.5) is 17.6 Å². The van der Waals surface area contributed by atoms with E-state index in [1.54, 1.807) is 0 Å². The van der Waals surface area contributed by atoms with Gasteiger partial charge in [-0.1, -0.05) is 0 Å². The monoisotopic (exact) mass is 462 g/mol. The van der Waals surface area contributed by atoms with Gasteiger partial charge in [0, 0.05) is 26.2 Å². The summed E-state index contributed by atoms with van der Waals surface area (Å²) in [6.07, 6.45) is -5.55. The number of rotatable bonds is 4. The minimum atomic E-state index is -2.77. The van der Waals surface area contributed by atoms with Gasteiger partial charge in [0.25, 0.3) is 12.9 Å². The predicted molar refractivity (Wildman–Crippen MR) is 95.8 cm³/mol. The zero-order valence-corrected chi connectivity index (χ0v) is 16.5. The molecule has 0 unspecified atom stereocenters. The maximum Gasteiger partial charge on any atom is 0.346 e. The van der Waals surface area contributed by atoms with Crippen LogP contribution in [0, 0.1) is 0 Å². The highest BCUT2D eigenvalue weighted by atomic mass is 19.3. The fourth-order valence-electron chi connectivity index (χ4n) is 3.71. The number of halogens is 4. The van der Waals surface area contributed by atoms with Crippen molar-refractivity contribution in [2.45, 2.75) is 52.1 Å². The lowest BCUT2D eigenvalue weighted by Gasteiger charge is -2.30. The van der Waals surface area contributed by atoms with E-state index in [1.165, 1.54) is 9.13 Å². The average Bonchev–Trinajstić information content (AvgIpc) is 3.21. The second-order valence-electron chi connectivity index (χ2n) is 7.30. The average molecular weight is 462 g/mol. The van der Waals surface area contributed by atoms with Gasteiger partial charge in [-0.15, -0.1) is 0 Å². The van der Waals surface area contributed by atoms with E-state index in [0.717, 1.165) is 9.80 Å². The molecule has 0 saturated carbocycles. The van der Waals surface area contributed by atoms with Crippen LogP contribution in [-0.4, -0.2) is 76.2 Å². The second kappa shape index (κ2) is 8.23. The minimum absolute atomic E-state index is 0.000580. The third kappa shape index (κ3) is 3.91. The van der Waals surface area contributed by atoms with Crippen molar-refractivity contribution in [2.24, 2.45) is 0 Å². The zero-order valence-electron chi connectivity index (χ0n) is 16.5. The molecule has 2 aromatic heterocycles. The van der Waals surface area contributed by atoms with Gasteiger partial charge < -0.3 is 9.80 Å². The van der Waals surface area contributed by atoms with Crippen LogP contribution in [-0.2, 0) is 48.9 Å². The van der Waals surface area contributed by atoms with Crippen LogP contribution in [0.25, 0.3) is 0 Å². The Morgan fingerprint density at radius 2 is 1.09 bits per heavy atom. The van der Waals surface area contributed by atoms with Crippen molar-refractivity contribution in [3.05, 3.63) is 32.6 Å². The highest BCUT2D eigenvalue weighted by Gasteiger charge is 2.34. The summed E-state index contributed by atoms with van der Waals surface area (Å²) < 4.78 is 53.9. The lowest BCUT2D eigenvalue weighted by Crippen LogP contribution is -2.50. The first-order valence-electron chi connectivity index (χ1n) is 9.63. The molecule has 2 amide bonds. The van der Waals surface area contributed by atoms with Crippen molar-refractivity contribution >= 4 is 11.8 Å². The fraction of sp³-hybridized carbons (Fsp3) is 0.625. The van der Waals surface area contributed by atoms with Crippen molar-refractivity contribution in [1.82, 2.24) is 38.5 Å². The lowest BCUT2D eigenvalue weighted by molar-refractivity contribution is -0.153. The Morgan fingerprint density at radius 1 is 0.719 bits per heavy atom. The number of amides is 2. The molecule has 0 spiro atoms. The summed E-state index contributed by atoms with van der Waals surface area (Å²) in [5, 5.41) is 7.63. The van der Waals surface area contributed by atoms with Crippen molar-refractivity contribution in [3.63, 3.8) is 0 Å². The van der Waals surface area contributed by atoms with Crippen LogP contribution in [0.3, 0.4) is 0 Å². The molecule has 16 heteroatoms. The van der Waals surface area contributed by atoms with Gasteiger partial charge in [0.05, 0.1) is 13.1 Å². The molecule has 2 aromatic rings. The van der Waals surface area contributed by atoms with Crippen LogP contribution in [0.1, 0.15) is 11.6 Å². The highest BCUT2D eigenvalue weighted by Crippen LogP contribution is 2.13. The summed E-state index contributed by atoms with van der Waals surface area (Å²) in [6.45, 7) is -2.19. The summed E-state index contributed by atoms with van der Waals surface area (Å²) in [5.41, 5.74) is -1.43. The molecule has 0 fully saturated rings. The molecule has 0 N–H and O–H groups in total. The Kier molecular flexibility index (Phi) is 5.60. The molecule has 12 nitrogen and oxygen atoms in total. The van der Waals surface area contributed by atoms with Gasteiger partial charge in [0.2, 0.25) is 0 Å². The van der Waals surface area contributed by atoms with E-state index >= 15 is 0 Å². The molecule has 0 saturated heterocycles. The van der Waals surface area contributed by atoms with E-state index in [4.69, 9.17) is 0 Å². The summed E-state index contributed by atoms with van der Waals surface area (Å²) in [6, 6.07) is 0. The summed E-state index contributed by atoms with van der Waals surface area (Å²) in [7, 11) is 0. The topological polar surface area (TPSA) is 120 Å². The first-order valence-corrected chi connectivity index (χ1v) is 9.63. The van der Waals surface area contributed by atoms with Gasteiger partial charge >= 0.3 is 23.2 Å². The van der Waals surface area contributed by atoms with Gasteiger partial charge in [-0.2, -0.15) is 10.2 Å². The molecular formula is C16H18F4N8O4. The number of fused-ring (bicyclic) bond motifs is 2. The molecule has 174 valence electrons. The van der Waals surface area contributed by atoms with Crippen LogP contribution >= 0.6 is 0 Å². The van der Waals surface area contributed by atoms with Gasteiger partial charge in [0.15, 0.2) is 11.6 Å². The smallest absolute Gasteiger partial charge is 0.325 e. The lowest BCUT2D eigenvalue weighted by atomic mass is 10.3. The number of hydrogen-bond donors (Lipinski definition) is 0. The van der Waals surface area contributed by atoms with Crippen LogP contribution < -0.4 is 11.4 Å². The summed E-state index contributed by atoms with van der Waals surface area (Å²) in [5.74, 6) is -1.62. The van der Waals surface area contributed by atoms with Gasteiger partial charge in [-0.3, -0.25) is 18.7 Å². The van der Waals surface area contributed by atoms with Crippen molar-refractivity contribution in [2.75, 3.05) is 13.1 Å². The summed E-state index contributed by atoms with van der Waals surface area (Å²) in [4.78, 5) is 51.9. The van der Waals surface area contributed by atoms with Crippen LogP contribution in [0.5, 0.6) is 0 Å². The molecule has 4 rings (SSSR count).